The molecular weight excluding hydrogens is 384 g/mol. The first kappa shape index (κ1) is 19.4. The van der Waals surface area contributed by atoms with E-state index in [0.29, 0.717) is 25.3 Å². The molecule has 0 aliphatic carbocycles. The summed E-state index contributed by atoms with van der Waals surface area (Å²) in [5.41, 5.74) is 1.65. The topological polar surface area (TPSA) is 86.1 Å². The molecule has 2 heterocycles. The highest BCUT2D eigenvalue weighted by Gasteiger charge is 2.08. The number of thiazole rings is 1. The van der Waals surface area contributed by atoms with Crippen molar-refractivity contribution in [2.24, 2.45) is 0 Å². The van der Waals surface area contributed by atoms with Gasteiger partial charge in [0.05, 0.1) is 10.2 Å². The van der Waals surface area contributed by atoms with Crippen LogP contribution in [0, 0.1) is 6.92 Å². The number of nitrogens with one attached hydrogen (secondary N) is 1. The number of anilines is 1. The van der Waals surface area contributed by atoms with E-state index in [4.69, 9.17) is 4.74 Å². The monoisotopic (exact) mass is 404 g/mol. The van der Waals surface area contributed by atoms with E-state index in [1.807, 2.05) is 35.9 Å². The van der Waals surface area contributed by atoms with E-state index in [-0.39, 0.29) is 11.9 Å². The number of benzene rings is 1. The molecule has 1 aromatic carbocycles. The first-order chi connectivity index (χ1) is 13.0. The lowest BCUT2D eigenvalue weighted by atomic mass is 10.3. The van der Waals surface area contributed by atoms with Crippen molar-refractivity contribution in [2.75, 3.05) is 17.7 Å². The highest BCUT2D eigenvalue weighted by molar-refractivity contribution is 8.01. The van der Waals surface area contributed by atoms with Crippen LogP contribution < -0.4 is 5.32 Å². The third-order valence-corrected chi connectivity index (χ3v) is 5.90. The highest BCUT2D eigenvalue weighted by Crippen LogP contribution is 2.31. The number of ether oxygens (including phenoxy) is 1. The number of aromatic nitrogens is 3. The highest BCUT2D eigenvalue weighted by atomic mass is 32.2. The molecule has 0 bridgehead atoms. The van der Waals surface area contributed by atoms with Crippen LogP contribution in [-0.2, 0) is 20.9 Å². The predicted molar refractivity (Wildman–Crippen MR) is 107 cm³/mol. The van der Waals surface area contributed by atoms with Crippen LogP contribution in [0.5, 0.6) is 0 Å². The van der Waals surface area contributed by atoms with Crippen LogP contribution in [-0.4, -0.2) is 38.8 Å². The Morgan fingerprint density at radius 3 is 2.96 bits per heavy atom. The number of amides is 1. The van der Waals surface area contributed by atoms with Gasteiger partial charge >= 0.3 is 5.97 Å². The fourth-order valence-corrected chi connectivity index (χ4v) is 4.44. The maximum atomic E-state index is 12.2. The molecule has 0 aliphatic heterocycles. The fraction of sp³-hybridized carbons (Fsp3) is 0.333. The van der Waals surface area contributed by atoms with E-state index in [0.717, 1.165) is 26.1 Å². The number of esters is 1. The Kier molecular flexibility index (Phi) is 6.46. The molecule has 9 heteroatoms. The van der Waals surface area contributed by atoms with Gasteiger partial charge in [-0.15, -0.1) is 11.3 Å². The minimum absolute atomic E-state index is 0.0389. The van der Waals surface area contributed by atoms with E-state index in [1.165, 1.54) is 6.92 Å². The molecule has 142 valence electrons. The standard InChI is InChI=1S/C18H20N4O3S2/c1-12-19-6-8-22(12)7-5-17(24)20-14-3-4-15-16(11-14)27-18(21-15)26-10-9-25-13(2)23/h3-4,6,8,11H,5,7,9-10H2,1-2H3,(H,20,24). The summed E-state index contributed by atoms with van der Waals surface area (Å²) in [6.45, 7) is 4.28. The maximum absolute atomic E-state index is 12.2. The Labute approximate surface area is 165 Å². The van der Waals surface area contributed by atoms with Gasteiger partial charge in [0.15, 0.2) is 4.34 Å². The van der Waals surface area contributed by atoms with Gasteiger partial charge in [0.1, 0.15) is 12.4 Å². The van der Waals surface area contributed by atoms with E-state index < -0.39 is 0 Å². The van der Waals surface area contributed by atoms with Crippen LogP contribution in [0.15, 0.2) is 34.9 Å². The molecule has 27 heavy (non-hydrogen) atoms. The van der Waals surface area contributed by atoms with Gasteiger partial charge in [-0.1, -0.05) is 11.8 Å². The molecule has 2 aromatic heterocycles. The Morgan fingerprint density at radius 2 is 2.22 bits per heavy atom. The van der Waals surface area contributed by atoms with Crippen molar-refractivity contribution < 1.29 is 14.3 Å². The first-order valence-corrected chi connectivity index (χ1v) is 10.3. The lowest BCUT2D eigenvalue weighted by molar-refractivity contribution is -0.140. The molecule has 0 fully saturated rings. The smallest absolute Gasteiger partial charge is 0.302 e. The third-order valence-electron chi connectivity index (χ3n) is 3.77. The minimum Gasteiger partial charge on any atom is -0.465 e. The molecule has 0 atom stereocenters. The molecule has 1 N–H and O–H groups in total. The number of carbonyl (C=O) groups excluding carboxylic acids is 2. The first-order valence-electron chi connectivity index (χ1n) is 8.45. The molecule has 1 amide bonds. The van der Waals surface area contributed by atoms with Gasteiger partial charge in [0.2, 0.25) is 5.91 Å². The number of thioether (sulfide) groups is 1. The molecule has 0 unspecified atom stereocenters. The minimum atomic E-state index is -0.275. The van der Waals surface area contributed by atoms with Crippen molar-refractivity contribution in [1.29, 1.82) is 0 Å². The number of imidazole rings is 1. The van der Waals surface area contributed by atoms with Gasteiger partial charge < -0.3 is 14.6 Å². The van der Waals surface area contributed by atoms with Crippen molar-refractivity contribution >= 4 is 50.9 Å². The second kappa shape index (κ2) is 9.01. The Balaban J connectivity index is 1.55. The second-order valence-corrected chi connectivity index (χ2v) is 8.19. The summed E-state index contributed by atoms with van der Waals surface area (Å²) in [6, 6.07) is 5.69. The van der Waals surface area contributed by atoms with E-state index >= 15 is 0 Å². The van der Waals surface area contributed by atoms with E-state index in [1.54, 1.807) is 29.3 Å². The summed E-state index contributed by atoms with van der Waals surface area (Å²) < 4.78 is 8.79. The van der Waals surface area contributed by atoms with Gasteiger partial charge in [-0.2, -0.15) is 0 Å². The van der Waals surface area contributed by atoms with Crippen molar-refractivity contribution in [3.05, 3.63) is 36.4 Å². The molecular formula is C18H20N4O3S2. The zero-order valence-electron chi connectivity index (χ0n) is 15.1. The number of fused-ring (bicyclic) bond motifs is 1. The van der Waals surface area contributed by atoms with Gasteiger partial charge in [-0.25, -0.2) is 9.97 Å². The summed E-state index contributed by atoms with van der Waals surface area (Å²) >= 11 is 3.11. The molecule has 3 aromatic rings. The largest absolute Gasteiger partial charge is 0.465 e. The van der Waals surface area contributed by atoms with Crippen LogP contribution in [0.2, 0.25) is 0 Å². The summed E-state index contributed by atoms with van der Waals surface area (Å²) in [5.74, 6) is 1.25. The zero-order chi connectivity index (χ0) is 19.2. The number of aryl methyl sites for hydroxylation is 2. The average molecular weight is 405 g/mol. The number of nitrogens with zero attached hydrogens (tertiary/aromatic N) is 3. The number of carbonyl (C=O) groups is 2. The van der Waals surface area contributed by atoms with Gasteiger partial charge in [-0.3, -0.25) is 9.59 Å². The Morgan fingerprint density at radius 1 is 1.37 bits per heavy atom. The molecule has 0 spiro atoms. The van der Waals surface area contributed by atoms with Crippen molar-refractivity contribution in [1.82, 2.24) is 14.5 Å². The van der Waals surface area contributed by atoms with Crippen molar-refractivity contribution in [2.45, 2.75) is 31.2 Å². The summed E-state index contributed by atoms with van der Waals surface area (Å²) in [6.07, 6.45) is 3.98. The number of hydrogen-bond donors (Lipinski definition) is 1. The van der Waals surface area contributed by atoms with Crippen LogP contribution in [0.1, 0.15) is 19.2 Å². The molecule has 0 aliphatic rings. The van der Waals surface area contributed by atoms with Gasteiger partial charge in [-0.05, 0) is 25.1 Å². The predicted octanol–water partition coefficient (Wildman–Crippen LogP) is 3.49. The molecule has 0 saturated heterocycles. The van der Waals surface area contributed by atoms with Crippen molar-refractivity contribution in [3.63, 3.8) is 0 Å². The normalized spacial score (nSPS) is 10.9. The van der Waals surface area contributed by atoms with Crippen LogP contribution in [0.4, 0.5) is 5.69 Å². The number of hydrogen-bond acceptors (Lipinski definition) is 7. The summed E-state index contributed by atoms with van der Waals surface area (Å²) in [5, 5.41) is 2.93. The lowest BCUT2D eigenvalue weighted by Crippen LogP contribution is -2.14. The maximum Gasteiger partial charge on any atom is 0.302 e. The molecule has 0 saturated carbocycles. The Hall–Kier alpha value is -2.39. The zero-order valence-corrected chi connectivity index (χ0v) is 16.7. The van der Waals surface area contributed by atoms with E-state index in [2.05, 4.69) is 15.3 Å². The molecule has 0 radical (unpaired) electrons. The van der Waals surface area contributed by atoms with Crippen molar-refractivity contribution in [3.8, 4) is 0 Å². The second-order valence-electron chi connectivity index (χ2n) is 5.82. The van der Waals surface area contributed by atoms with Crippen LogP contribution >= 0.6 is 23.1 Å². The average Bonchev–Trinajstić information content (AvgIpc) is 3.22. The van der Waals surface area contributed by atoms with Gasteiger partial charge in [0, 0.05) is 43.7 Å². The lowest BCUT2D eigenvalue weighted by Gasteiger charge is -2.07. The SMILES string of the molecule is CC(=O)OCCSc1nc2ccc(NC(=O)CCn3ccnc3C)cc2s1. The molecule has 7 nitrogen and oxygen atoms in total. The van der Waals surface area contributed by atoms with Crippen LogP contribution in [0.3, 0.4) is 0 Å². The van der Waals surface area contributed by atoms with Crippen LogP contribution in [0.25, 0.3) is 10.2 Å². The number of rotatable bonds is 8. The van der Waals surface area contributed by atoms with E-state index in [9.17, 15) is 9.59 Å². The quantitative estimate of drug-likeness (QED) is 0.351. The Bertz CT molecular complexity index is 951. The molecule has 3 rings (SSSR count). The summed E-state index contributed by atoms with van der Waals surface area (Å²) in [4.78, 5) is 31.7. The summed E-state index contributed by atoms with van der Waals surface area (Å²) in [7, 11) is 0. The van der Waals surface area contributed by atoms with Gasteiger partial charge in [0.25, 0.3) is 0 Å². The third kappa shape index (κ3) is 5.54. The fourth-order valence-electron chi connectivity index (χ4n) is 2.44.